The predicted molar refractivity (Wildman–Crippen MR) is 100 cm³/mol. The van der Waals surface area contributed by atoms with Crippen LogP contribution in [0, 0.1) is 12.3 Å². The zero-order chi connectivity index (χ0) is 18.3. The molecule has 132 valence electrons. The van der Waals surface area contributed by atoms with Gasteiger partial charge < -0.3 is 15.5 Å². The monoisotopic (exact) mass is 331 g/mol. The number of rotatable bonds is 8. The Bertz CT molecular complexity index is 605. The van der Waals surface area contributed by atoms with E-state index in [0.717, 1.165) is 30.0 Å². The van der Waals surface area contributed by atoms with Gasteiger partial charge in [-0.15, -0.1) is 6.58 Å². The third-order valence-electron chi connectivity index (χ3n) is 4.13. The van der Waals surface area contributed by atoms with Gasteiger partial charge in [0.05, 0.1) is 0 Å². The summed E-state index contributed by atoms with van der Waals surface area (Å²) >= 11 is 0. The van der Waals surface area contributed by atoms with Gasteiger partial charge in [0, 0.05) is 31.0 Å². The minimum absolute atomic E-state index is 0.322. The molecule has 24 heavy (non-hydrogen) atoms. The number of nitrogens with one attached hydrogen (secondary N) is 2. The Morgan fingerprint density at radius 2 is 1.83 bits per heavy atom. The van der Waals surface area contributed by atoms with Crippen LogP contribution >= 0.6 is 0 Å². The molecule has 0 saturated heterocycles. The van der Waals surface area contributed by atoms with E-state index >= 15 is 0 Å². The van der Waals surface area contributed by atoms with E-state index in [1.165, 1.54) is 0 Å². The lowest BCUT2D eigenvalue weighted by molar-refractivity contribution is -0.138. The van der Waals surface area contributed by atoms with Crippen LogP contribution in [0.5, 0.6) is 0 Å². The van der Waals surface area contributed by atoms with Crippen molar-refractivity contribution in [3.63, 3.8) is 0 Å². The summed E-state index contributed by atoms with van der Waals surface area (Å²) in [7, 11) is 0. The third kappa shape index (κ3) is 4.60. The molecule has 0 aromatic heterocycles. The van der Waals surface area contributed by atoms with Crippen molar-refractivity contribution in [2.45, 2.75) is 34.6 Å². The topological polar surface area (TPSA) is 61.4 Å². The lowest BCUT2D eigenvalue weighted by Gasteiger charge is -2.24. The first-order valence-electron chi connectivity index (χ1n) is 8.34. The van der Waals surface area contributed by atoms with Gasteiger partial charge in [-0.1, -0.05) is 6.08 Å². The van der Waals surface area contributed by atoms with Crippen LogP contribution in [-0.4, -0.2) is 31.4 Å². The molecule has 1 rings (SSSR count). The fourth-order valence-electron chi connectivity index (χ4n) is 2.34. The minimum atomic E-state index is -1.16. The number of carbonyl (C=O) groups is 2. The molecule has 2 amide bonds. The molecule has 0 bridgehead atoms. The average Bonchev–Trinajstić information content (AvgIpc) is 2.55. The first-order valence-corrected chi connectivity index (χ1v) is 8.34. The zero-order valence-corrected chi connectivity index (χ0v) is 15.4. The maximum absolute atomic E-state index is 12.5. The minimum Gasteiger partial charge on any atom is -0.372 e. The van der Waals surface area contributed by atoms with Gasteiger partial charge >= 0.3 is 0 Å². The normalized spacial score (nSPS) is 10.9. The Kier molecular flexibility index (Phi) is 7.01. The maximum Gasteiger partial charge on any atom is 0.239 e. The molecule has 0 spiro atoms. The number of carbonyl (C=O) groups excluding carboxylic acids is 2. The van der Waals surface area contributed by atoms with Crippen molar-refractivity contribution in [3.8, 4) is 0 Å². The number of hydrogen-bond acceptors (Lipinski definition) is 3. The summed E-state index contributed by atoms with van der Waals surface area (Å²) in [6, 6.07) is 5.92. The average molecular weight is 331 g/mol. The molecule has 0 aliphatic heterocycles. The van der Waals surface area contributed by atoms with Crippen molar-refractivity contribution in [2.75, 3.05) is 29.9 Å². The van der Waals surface area contributed by atoms with Crippen LogP contribution in [0.25, 0.3) is 0 Å². The summed E-state index contributed by atoms with van der Waals surface area (Å²) in [5.74, 6) is -0.653. The fourth-order valence-corrected chi connectivity index (χ4v) is 2.34. The largest absolute Gasteiger partial charge is 0.372 e. The molecule has 0 aliphatic rings. The first-order chi connectivity index (χ1) is 11.3. The molecule has 0 heterocycles. The van der Waals surface area contributed by atoms with Gasteiger partial charge in [-0.25, -0.2) is 0 Å². The highest BCUT2D eigenvalue weighted by molar-refractivity contribution is 6.10. The highest BCUT2D eigenvalue weighted by atomic mass is 16.2. The van der Waals surface area contributed by atoms with E-state index in [-0.39, 0.29) is 11.8 Å². The van der Waals surface area contributed by atoms with Crippen LogP contribution in [0.3, 0.4) is 0 Å². The molecule has 0 radical (unpaired) electrons. The number of nitrogens with zero attached hydrogens (tertiary/aromatic N) is 1. The lowest BCUT2D eigenvalue weighted by atomic mass is 9.90. The summed E-state index contributed by atoms with van der Waals surface area (Å²) in [4.78, 5) is 26.9. The van der Waals surface area contributed by atoms with Crippen molar-refractivity contribution in [2.24, 2.45) is 5.41 Å². The van der Waals surface area contributed by atoms with E-state index in [4.69, 9.17) is 0 Å². The highest BCUT2D eigenvalue weighted by Gasteiger charge is 2.35. The number of benzene rings is 1. The summed E-state index contributed by atoms with van der Waals surface area (Å²) in [6.07, 6.45) is 1.59. The van der Waals surface area contributed by atoms with Gasteiger partial charge in [0.25, 0.3) is 0 Å². The standard InChI is InChI=1S/C19H29N3O2/c1-7-12-20-17(23)19(5,6)18(24)21-16-11-10-15(13-14(16)4)22(8-2)9-3/h7,10-11,13H,1,8-9,12H2,2-6H3,(H,20,23)(H,21,24). The van der Waals surface area contributed by atoms with Crippen molar-refractivity contribution in [1.82, 2.24) is 5.32 Å². The maximum atomic E-state index is 12.5. The summed E-state index contributed by atoms with van der Waals surface area (Å²) in [5, 5.41) is 5.53. The van der Waals surface area contributed by atoms with Crippen LogP contribution in [0.15, 0.2) is 30.9 Å². The molecule has 5 heteroatoms. The van der Waals surface area contributed by atoms with Crippen LogP contribution in [-0.2, 0) is 9.59 Å². The summed E-state index contributed by atoms with van der Waals surface area (Å²) in [5.41, 5.74) is 1.65. The molecule has 5 nitrogen and oxygen atoms in total. The molecule has 1 aromatic carbocycles. The number of hydrogen-bond donors (Lipinski definition) is 2. The Morgan fingerprint density at radius 3 is 2.33 bits per heavy atom. The lowest BCUT2D eigenvalue weighted by Crippen LogP contribution is -2.45. The summed E-state index contributed by atoms with van der Waals surface area (Å²) < 4.78 is 0. The van der Waals surface area contributed by atoms with Crippen molar-refractivity contribution in [3.05, 3.63) is 36.4 Å². The summed E-state index contributed by atoms with van der Waals surface area (Å²) in [6.45, 7) is 15.1. The molecule has 0 fully saturated rings. The van der Waals surface area contributed by atoms with Crippen molar-refractivity contribution < 1.29 is 9.59 Å². The highest BCUT2D eigenvalue weighted by Crippen LogP contribution is 2.25. The van der Waals surface area contributed by atoms with E-state index in [0.29, 0.717) is 6.54 Å². The van der Waals surface area contributed by atoms with Crippen LogP contribution in [0.4, 0.5) is 11.4 Å². The second kappa shape index (κ2) is 8.52. The zero-order valence-electron chi connectivity index (χ0n) is 15.4. The van der Waals surface area contributed by atoms with Gasteiger partial charge in [-0.3, -0.25) is 9.59 Å². The van der Waals surface area contributed by atoms with E-state index in [9.17, 15) is 9.59 Å². The Balaban J connectivity index is 2.90. The van der Waals surface area contributed by atoms with Gasteiger partial charge in [0.1, 0.15) is 5.41 Å². The van der Waals surface area contributed by atoms with Gasteiger partial charge in [0.15, 0.2) is 0 Å². The van der Waals surface area contributed by atoms with E-state index in [1.54, 1.807) is 19.9 Å². The SMILES string of the molecule is C=CCNC(=O)C(C)(C)C(=O)Nc1ccc(N(CC)CC)cc1C. The quantitative estimate of drug-likeness (QED) is 0.568. The second-order valence-corrected chi connectivity index (χ2v) is 6.25. The Labute approximate surface area is 145 Å². The molecule has 0 atom stereocenters. The number of amides is 2. The molecule has 0 unspecified atom stereocenters. The first kappa shape index (κ1) is 19.7. The van der Waals surface area contributed by atoms with Crippen molar-refractivity contribution in [1.29, 1.82) is 0 Å². The molecular weight excluding hydrogens is 302 g/mol. The molecular formula is C19H29N3O2. The predicted octanol–water partition coefficient (Wildman–Crippen LogP) is 3.11. The smallest absolute Gasteiger partial charge is 0.239 e. The molecule has 0 aliphatic carbocycles. The van der Waals surface area contributed by atoms with E-state index in [1.807, 2.05) is 25.1 Å². The molecule has 1 aromatic rings. The van der Waals surface area contributed by atoms with E-state index in [2.05, 4.69) is 36.0 Å². The van der Waals surface area contributed by atoms with Gasteiger partial charge in [-0.2, -0.15) is 0 Å². The van der Waals surface area contributed by atoms with Gasteiger partial charge in [0.2, 0.25) is 11.8 Å². The Hall–Kier alpha value is -2.30. The van der Waals surface area contributed by atoms with E-state index < -0.39 is 5.41 Å². The number of aryl methyl sites for hydroxylation is 1. The van der Waals surface area contributed by atoms with Crippen LogP contribution in [0.1, 0.15) is 33.3 Å². The number of anilines is 2. The van der Waals surface area contributed by atoms with Crippen molar-refractivity contribution >= 4 is 23.2 Å². The third-order valence-corrected chi connectivity index (χ3v) is 4.13. The van der Waals surface area contributed by atoms with Crippen LogP contribution in [0.2, 0.25) is 0 Å². The van der Waals surface area contributed by atoms with Crippen LogP contribution < -0.4 is 15.5 Å². The molecule has 2 N–H and O–H groups in total. The second-order valence-electron chi connectivity index (χ2n) is 6.25. The fraction of sp³-hybridized carbons (Fsp3) is 0.474. The molecule has 0 saturated carbocycles. The van der Waals surface area contributed by atoms with Gasteiger partial charge in [-0.05, 0) is 58.4 Å². The Morgan fingerprint density at radius 1 is 1.21 bits per heavy atom.